The molecule has 28 heavy (non-hydrogen) atoms. The molecule has 0 radical (unpaired) electrons. The molecular weight excluding hydrogens is 376 g/mol. The van der Waals surface area contributed by atoms with Gasteiger partial charge in [0.25, 0.3) is 0 Å². The lowest BCUT2D eigenvalue weighted by Crippen LogP contribution is -2.40. The van der Waals surface area contributed by atoms with Gasteiger partial charge < -0.3 is 10.1 Å². The fourth-order valence-electron chi connectivity index (χ4n) is 2.70. The molecule has 0 fully saturated rings. The van der Waals surface area contributed by atoms with Crippen LogP contribution in [0.5, 0.6) is 5.75 Å². The number of aryl methyl sites for hydroxylation is 2. The van der Waals surface area contributed by atoms with Crippen LogP contribution in [0.1, 0.15) is 38.3 Å². The van der Waals surface area contributed by atoms with Gasteiger partial charge in [-0.1, -0.05) is 12.1 Å². The van der Waals surface area contributed by atoms with E-state index in [9.17, 15) is 13.2 Å². The molecule has 0 saturated carbocycles. The van der Waals surface area contributed by atoms with Gasteiger partial charge in [0.15, 0.2) is 0 Å². The molecular formula is C21H28N2O4S. The van der Waals surface area contributed by atoms with Crippen LogP contribution in [0.3, 0.4) is 0 Å². The second-order valence-electron chi connectivity index (χ2n) is 7.85. The van der Waals surface area contributed by atoms with E-state index in [2.05, 4.69) is 16.1 Å². The molecule has 0 aliphatic rings. The molecule has 2 rings (SSSR count). The maximum Gasteiger partial charge on any atom is 0.241 e. The Morgan fingerprint density at radius 3 is 2.29 bits per heavy atom. The zero-order valence-corrected chi connectivity index (χ0v) is 17.8. The molecule has 0 saturated heterocycles. The van der Waals surface area contributed by atoms with Crippen LogP contribution in [0.4, 0.5) is 5.69 Å². The molecule has 1 amide bonds. The molecule has 0 heterocycles. The first-order valence-corrected chi connectivity index (χ1v) is 10.6. The normalized spacial score (nSPS) is 11.9. The maximum atomic E-state index is 12.4. The summed E-state index contributed by atoms with van der Waals surface area (Å²) in [5.41, 5.74) is 2.03. The lowest BCUT2D eigenvalue weighted by molar-refractivity contribution is -0.116. The number of rotatable bonds is 7. The molecule has 0 bridgehead atoms. The van der Waals surface area contributed by atoms with Gasteiger partial charge in [0.05, 0.1) is 17.9 Å². The Morgan fingerprint density at radius 2 is 1.68 bits per heavy atom. The lowest BCUT2D eigenvalue weighted by Gasteiger charge is -2.20. The Bertz CT molecular complexity index is 927. The van der Waals surface area contributed by atoms with E-state index in [1.165, 1.54) is 12.1 Å². The summed E-state index contributed by atoms with van der Waals surface area (Å²) in [7, 11) is -3.66. The Balaban J connectivity index is 1.95. The summed E-state index contributed by atoms with van der Waals surface area (Å²) >= 11 is 0. The standard InChI is InChI=1S/C21H28N2O4S/c1-15-11-16(2)13-18(12-15)27-10-9-20(24)22-17-7-6-8-19(14-17)28(25,26)23-21(3,4)5/h6-8,11-14,23H,9-10H2,1-5H3,(H,22,24). The molecule has 2 aromatic carbocycles. The third-order valence-electron chi connectivity index (χ3n) is 3.66. The molecule has 0 unspecified atom stereocenters. The predicted octanol–water partition coefficient (Wildman–Crippen LogP) is 3.79. The van der Waals surface area contributed by atoms with Crippen molar-refractivity contribution in [2.45, 2.75) is 51.5 Å². The first kappa shape index (κ1) is 21.9. The van der Waals surface area contributed by atoms with Crippen molar-refractivity contribution in [3.05, 3.63) is 53.6 Å². The van der Waals surface area contributed by atoms with Crippen molar-refractivity contribution in [2.75, 3.05) is 11.9 Å². The van der Waals surface area contributed by atoms with E-state index >= 15 is 0 Å². The summed E-state index contributed by atoms with van der Waals surface area (Å²) in [5, 5.41) is 2.72. The summed E-state index contributed by atoms with van der Waals surface area (Å²) in [5.74, 6) is 0.481. The fourth-order valence-corrected chi connectivity index (χ4v) is 4.17. The summed E-state index contributed by atoms with van der Waals surface area (Å²) in [4.78, 5) is 12.3. The van der Waals surface area contributed by atoms with E-state index in [-0.39, 0.29) is 23.8 Å². The SMILES string of the molecule is Cc1cc(C)cc(OCCC(=O)Nc2cccc(S(=O)(=O)NC(C)(C)C)c2)c1. The van der Waals surface area contributed by atoms with Crippen molar-refractivity contribution in [3.8, 4) is 5.75 Å². The highest BCUT2D eigenvalue weighted by Gasteiger charge is 2.22. The van der Waals surface area contributed by atoms with Crippen LogP contribution < -0.4 is 14.8 Å². The number of amides is 1. The highest BCUT2D eigenvalue weighted by atomic mass is 32.2. The van der Waals surface area contributed by atoms with Gasteiger partial charge in [-0.15, -0.1) is 0 Å². The van der Waals surface area contributed by atoms with Gasteiger partial charge in [-0.05, 0) is 76.1 Å². The molecule has 7 heteroatoms. The van der Waals surface area contributed by atoms with E-state index in [0.29, 0.717) is 5.69 Å². The van der Waals surface area contributed by atoms with Gasteiger partial charge in [-0.3, -0.25) is 4.79 Å². The quantitative estimate of drug-likeness (QED) is 0.735. The average molecular weight is 405 g/mol. The Labute approximate surface area is 167 Å². The van der Waals surface area contributed by atoms with Crippen molar-refractivity contribution in [2.24, 2.45) is 0 Å². The van der Waals surface area contributed by atoms with Crippen LogP contribution >= 0.6 is 0 Å². The number of hydrogen-bond acceptors (Lipinski definition) is 4. The number of nitrogens with one attached hydrogen (secondary N) is 2. The first-order chi connectivity index (χ1) is 12.9. The van der Waals surface area contributed by atoms with Crippen molar-refractivity contribution in [1.29, 1.82) is 0 Å². The maximum absolute atomic E-state index is 12.4. The summed E-state index contributed by atoms with van der Waals surface area (Å²) in [6, 6.07) is 12.1. The number of carbonyl (C=O) groups excluding carboxylic acids is 1. The molecule has 2 N–H and O–H groups in total. The lowest BCUT2D eigenvalue weighted by atomic mass is 10.1. The van der Waals surface area contributed by atoms with Gasteiger partial charge in [-0.2, -0.15) is 0 Å². The van der Waals surface area contributed by atoms with E-state index < -0.39 is 15.6 Å². The molecule has 0 aliphatic carbocycles. The Morgan fingerprint density at radius 1 is 1.04 bits per heavy atom. The van der Waals surface area contributed by atoms with E-state index in [1.54, 1.807) is 32.9 Å². The molecule has 152 valence electrons. The monoisotopic (exact) mass is 404 g/mol. The van der Waals surface area contributed by atoms with Crippen molar-refractivity contribution in [1.82, 2.24) is 4.72 Å². The minimum Gasteiger partial charge on any atom is -0.493 e. The van der Waals surface area contributed by atoms with Crippen LogP contribution in [-0.4, -0.2) is 26.5 Å². The summed E-state index contributed by atoms with van der Waals surface area (Å²) in [6.07, 6.45) is 0.157. The highest BCUT2D eigenvalue weighted by molar-refractivity contribution is 7.89. The summed E-state index contributed by atoms with van der Waals surface area (Å²) < 4.78 is 33.1. The number of sulfonamides is 1. The Hall–Kier alpha value is -2.38. The minimum atomic E-state index is -3.66. The average Bonchev–Trinajstić information content (AvgIpc) is 2.52. The third-order valence-corrected chi connectivity index (χ3v) is 5.42. The number of hydrogen-bond donors (Lipinski definition) is 2. The van der Waals surface area contributed by atoms with Crippen LogP contribution in [0.15, 0.2) is 47.4 Å². The van der Waals surface area contributed by atoms with Crippen molar-refractivity contribution >= 4 is 21.6 Å². The second-order valence-corrected chi connectivity index (χ2v) is 9.54. The van der Waals surface area contributed by atoms with Gasteiger partial charge >= 0.3 is 0 Å². The second kappa shape index (κ2) is 8.75. The Kier molecular flexibility index (Phi) is 6.85. The first-order valence-electron chi connectivity index (χ1n) is 9.10. The van der Waals surface area contributed by atoms with Crippen molar-refractivity contribution < 1.29 is 17.9 Å². The van der Waals surface area contributed by atoms with E-state index in [4.69, 9.17) is 4.74 Å². The number of carbonyl (C=O) groups is 1. The van der Waals surface area contributed by atoms with Crippen LogP contribution in [0, 0.1) is 13.8 Å². The molecule has 0 aliphatic heterocycles. The minimum absolute atomic E-state index is 0.103. The smallest absolute Gasteiger partial charge is 0.241 e. The number of ether oxygens (including phenoxy) is 1. The zero-order valence-electron chi connectivity index (χ0n) is 17.0. The van der Waals surface area contributed by atoms with E-state index in [1.807, 2.05) is 26.0 Å². The topological polar surface area (TPSA) is 84.5 Å². The van der Waals surface area contributed by atoms with Gasteiger partial charge in [0, 0.05) is 11.2 Å². The van der Waals surface area contributed by atoms with Gasteiger partial charge in [0.1, 0.15) is 5.75 Å². The molecule has 0 aromatic heterocycles. The van der Waals surface area contributed by atoms with Crippen LogP contribution in [0.2, 0.25) is 0 Å². The molecule has 2 aromatic rings. The van der Waals surface area contributed by atoms with Crippen molar-refractivity contribution in [3.63, 3.8) is 0 Å². The van der Waals surface area contributed by atoms with Gasteiger partial charge in [0.2, 0.25) is 15.9 Å². The third kappa shape index (κ3) is 6.98. The number of benzene rings is 2. The summed E-state index contributed by atoms with van der Waals surface area (Å²) in [6.45, 7) is 9.52. The largest absolute Gasteiger partial charge is 0.493 e. The van der Waals surface area contributed by atoms with Gasteiger partial charge in [-0.25, -0.2) is 13.1 Å². The number of anilines is 1. The van der Waals surface area contributed by atoms with Crippen LogP contribution in [0.25, 0.3) is 0 Å². The van der Waals surface area contributed by atoms with E-state index in [0.717, 1.165) is 16.9 Å². The van der Waals surface area contributed by atoms with Crippen LogP contribution in [-0.2, 0) is 14.8 Å². The predicted molar refractivity (Wildman–Crippen MR) is 111 cm³/mol. The fraction of sp³-hybridized carbons (Fsp3) is 0.381. The highest BCUT2D eigenvalue weighted by Crippen LogP contribution is 2.18. The molecule has 0 atom stereocenters. The molecule has 6 nitrogen and oxygen atoms in total. The molecule has 0 spiro atoms. The zero-order chi connectivity index (χ0) is 20.9.